The van der Waals surface area contributed by atoms with Crippen LogP contribution in [-0.2, 0) is 17.8 Å². The molecule has 1 fully saturated rings. The summed E-state index contributed by atoms with van der Waals surface area (Å²) in [4.78, 5) is 22.8. The van der Waals surface area contributed by atoms with E-state index >= 15 is 0 Å². The zero-order valence-corrected chi connectivity index (χ0v) is 12.3. The van der Waals surface area contributed by atoms with Gasteiger partial charge in [-0.25, -0.2) is 4.79 Å². The first kappa shape index (κ1) is 15.4. The van der Waals surface area contributed by atoms with Crippen LogP contribution in [0.3, 0.4) is 0 Å². The van der Waals surface area contributed by atoms with Crippen LogP contribution in [0, 0.1) is 0 Å². The number of carbonyl (C=O) groups excluding carboxylic acids is 1. The van der Waals surface area contributed by atoms with Gasteiger partial charge in [-0.1, -0.05) is 31.2 Å². The Labute approximate surface area is 124 Å². The topological polar surface area (TPSA) is 78.4 Å². The van der Waals surface area contributed by atoms with Gasteiger partial charge in [0.25, 0.3) is 0 Å². The fourth-order valence-electron chi connectivity index (χ4n) is 2.60. The summed E-state index contributed by atoms with van der Waals surface area (Å²) in [5.41, 5.74) is 1.74. The molecule has 1 aromatic carbocycles. The van der Waals surface area contributed by atoms with Crippen LogP contribution in [0.2, 0.25) is 0 Å². The SMILES string of the molecule is CCc1ccc(CNC(=O)NC2(CC(=O)O)CCC2)cc1. The number of hydrogen-bond donors (Lipinski definition) is 3. The number of nitrogens with one attached hydrogen (secondary N) is 2. The molecule has 1 aliphatic rings. The van der Waals surface area contributed by atoms with Crippen molar-refractivity contribution in [2.75, 3.05) is 0 Å². The molecule has 0 radical (unpaired) electrons. The highest BCUT2D eigenvalue weighted by molar-refractivity contribution is 5.77. The fourth-order valence-corrected chi connectivity index (χ4v) is 2.60. The minimum atomic E-state index is -0.870. The second-order valence-corrected chi connectivity index (χ2v) is 5.68. The molecule has 2 amide bonds. The van der Waals surface area contributed by atoms with Crippen LogP contribution in [0.25, 0.3) is 0 Å². The van der Waals surface area contributed by atoms with E-state index in [1.54, 1.807) is 0 Å². The van der Waals surface area contributed by atoms with Crippen molar-refractivity contribution in [2.24, 2.45) is 0 Å². The van der Waals surface area contributed by atoms with Crippen molar-refractivity contribution in [3.8, 4) is 0 Å². The number of benzene rings is 1. The Kier molecular flexibility index (Phi) is 4.83. The number of urea groups is 1. The third-order valence-electron chi connectivity index (χ3n) is 4.06. The zero-order chi connectivity index (χ0) is 15.3. The van der Waals surface area contributed by atoms with Crippen molar-refractivity contribution >= 4 is 12.0 Å². The summed E-state index contributed by atoms with van der Waals surface area (Å²) in [6.45, 7) is 2.54. The number of carboxylic acid groups (broad SMARTS) is 1. The maximum Gasteiger partial charge on any atom is 0.315 e. The Balaban J connectivity index is 1.82. The number of hydrogen-bond acceptors (Lipinski definition) is 2. The summed E-state index contributed by atoms with van der Waals surface area (Å²) < 4.78 is 0. The van der Waals surface area contributed by atoms with Gasteiger partial charge in [-0.05, 0) is 36.8 Å². The Hall–Kier alpha value is -2.04. The lowest BCUT2D eigenvalue weighted by atomic mass is 9.74. The van der Waals surface area contributed by atoms with Gasteiger partial charge in [-0.15, -0.1) is 0 Å². The van der Waals surface area contributed by atoms with E-state index in [2.05, 4.69) is 17.6 Å². The molecule has 5 heteroatoms. The number of aliphatic carboxylic acids is 1. The molecule has 0 atom stereocenters. The van der Waals surface area contributed by atoms with Gasteiger partial charge in [-0.2, -0.15) is 0 Å². The van der Waals surface area contributed by atoms with Crippen molar-refractivity contribution in [1.29, 1.82) is 0 Å². The molecular weight excluding hydrogens is 268 g/mol. The van der Waals surface area contributed by atoms with Crippen LogP contribution in [0.5, 0.6) is 0 Å². The molecule has 21 heavy (non-hydrogen) atoms. The summed E-state index contributed by atoms with van der Waals surface area (Å²) >= 11 is 0. The van der Waals surface area contributed by atoms with E-state index in [-0.39, 0.29) is 12.5 Å². The summed E-state index contributed by atoms with van der Waals surface area (Å²) in [5, 5.41) is 14.5. The van der Waals surface area contributed by atoms with E-state index in [0.29, 0.717) is 6.54 Å². The standard InChI is InChI=1S/C16H22N2O3/c1-2-12-4-6-13(7-5-12)11-17-15(21)18-16(8-3-9-16)10-14(19)20/h4-7H,2-3,8-11H2,1H3,(H,19,20)(H2,17,18,21). The lowest BCUT2D eigenvalue weighted by Gasteiger charge is -2.41. The molecule has 114 valence electrons. The molecule has 5 nitrogen and oxygen atoms in total. The highest BCUT2D eigenvalue weighted by atomic mass is 16.4. The number of carboxylic acids is 1. The Bertz CT molecular complexity index is 507. The second kappa shape index (κ2) is 6.61. The Morgan fingerprint density at radius 1 is 1.19 bits per heavy atom. The molecule has 1 aliphatic carbocycles. The summed E-state index contributed by atoms with van der Waals surface area (Å²) in [6, 6.07) is 7.79. The van der Waals surface area contributed by atoms with Gasteiger partial charge in [0.2, 0.25) is 0 Å². The molecule has 0 heterocycles. The van der Waals surface area contributed by atoms with Gasteiger partial charge >= 0.3 is 12.0 Å². The monoisotopic (exact) mass is 290 g/mol. The maximum atomic E-state index is 11.9. The highest BCUT2D eigenvalue weighted by Gasteiger charge is 2.40. The molecule has 3 N–H and O–H groups in total. The van der Waals surface area contributed by atoms with Crippen molar-refractivity contribution in [3.05, 3.63) is 35.4 Å². The summed E-state index contributed by atoms with van der Waals surface area (Å²) in [6.07, 6.45) is 3.42. The quantitative estimate of drug-likeness (QED) is 0.753. The highest BCUT2D eigenvalue weighted by Crippen LogP contribution is 2.34. The molecule has 1 aromatic rings. The lowest BCUT2D eigenvalue weighted by molar-refractivity contribution is -0.139. The van der Waals surface area contributed by atoms with E-state index in [1.807, 2.05) is 24.3 Å². The lowest BCUT2D eigenvalue weighted by Crippen LogP contribution is -2.57. The minimum absolute atomic E-state index is 0.00832. The Morgan fingerprint density at radius 3 is 2.29 bits per heavy atom. The van der Waals surface area contributed by atoms with Crippen molar-refractivity contribution in [2.45, 2.75) is 51.1 Å². The maximum absolute atomic E-state index is 11.9. The molecule has 1 saturated carbocycles. The molecule has 0 saturated heterocycles. The summed E-state index contributed by atoms with van der Waals surface area (Å²) in [7, 11) is 0. The van der Waals surface area contributed by atoms with Crippen LogP contribution in [0.4, 0.5) is 4.79 Å². The van der Waals surface area contributed by atoms with Crippen molar-refractivity contribution < 1.29 is 14.7 Å². The molecule has 0 aromatic heterocycles. The number of carbonyl (C=O) groups is 2. The largest absolute Gasteiger partial charge is 0.481 e. The number of rotatable bonds is 6. The molecular formula is C16H22N2O3. The third-order valence-corrected chi connectivity index (χ3v) is 4.06. The smallest absolute Gasteiger partial charge is 0.315 e. The minimum Gasteiger partial charge on any atom is -0.481 e. The van der Waals surface area contributed by atoms with Crippen LogP contribution in [0.1, 0.15) is 43.7 Å². The first-order valence-electron chi connectivity index (χ1n) is 7.39. The van der Waals surface area contributed by atoms with Gasteiger partial charge in [-0.3, -0.25) is 4.79 Å². The van der Waals surface area contributed by atoms with E-state index in [9.17, 15) is 9.59 Å². The fraction of sp³-hybridized carbons (Fsp3) is 0.500. The predicted molar refractivity (Wildman–Crippen MR) is 80.0 cm³/mol. The molecule has 0 aliphatic heterocycles. The van der Waals surface area contributed by atoms with Gasteiger partial charge in [0.1, 0.15) is 0 Å². The van der Waals surface area contributed by atoms with Gasteiger partial charge in [0.15, 0.2) is 0 Å². The van der Waals surface area contributed by atoms with Crippen molar-refractivity contribution in [1.82, 2.24) is 10.6 Å². The summed E-state index contributed by atoms with van der Waals surface area (Å²) in [5.74, 6) is -0.870. The van der Waals surface area contributed by atoms with Gasteiger partial charge < -0.3 is 15.7 Å². The van der Waals surface area contributed by atoms with Gasteiger partial charge in [0.05, 0.1) is 12.0 Å². The molecule has 0 bridgehead atoms. The second-order valence-electron chi connectivity index (χ2n) is 5.68. The molecule has 0 unspecified atom stereocenters. The molecule has 0 spiro atoms. The van der Waals surface area contributed by atoms with Gasteiger partial charge in [0, 0.05) is 6.54 Å². The van der Waals surface area contributed by atoms with Crippen LogP contribution in [-0.4, -0.2) is 22.6 Å². The van der Waals surface area contributed by atoms with Crippen LogP contribution < -0.4 is 10.6 Å². The van der Waals surface area contributed by atoms with E-state index in [1.165, 1.54) is 5.56 Å². The van der Waals surface area contributed by atoms with E-state index in [4.69, 9.17) is 5.11 Å². The van der Waals surface area contributed by atoms with Crippen molar-refractivity contribution in [3.63, 3.8) is 0 Å². The average molecular weight is 290 g/mol. The third kappa shape index (κ3) is 4.21. The first-order chi connectivity index (χ1) is 10.0. The normalized spacial score (nSPS) is 15.9. The number of aryl methyl sites for hydroxylation is 1. The number of amides is 2. The first-order valence-corrected chi connectivity index (χ1v) is 7.39. The van der Waals surface area contributed by atoms with E-state index < -0.39 is 11.5 Å². The average Bonchev–Trinajstić information content (AvgIpc) is 2.43. The van der Waals surface area contributed by atoms with Crippen LogP contribution >= 0.6 is 0 Å². The van der Waals surface area contributed by atoms with Crippen LogP contribution in [0.15, 0.2) is 24.3 Å². The predicted octanol–water partition coefficient (Wildman–Crippen LogP) is 2.45. The van der Waals surface area contributed by atoms with E-state index in [0.717, 1.165) is 31.2 Å². The Morgan fingerprint density at radius 2 is 1.81 bits per heavy atom. The molecule has 2 rings (SSSR count). The zero-order valence-electron chi connectivity index (χ0n) is 12.3.